The molecule has 118 valence electrons. The molecule has 0 bridgehead atoms. The second-order valence-electron chi connectivity index (χ2n) is 5.37. The molecular formula is C15H17N7O. The lowest BCUT2D eigenvalue weighted by Gasteiger charge is -2.26. The van der Waals surface area contributed by atoms with E-state index in [-0.39, 0.29) is 0 Å². The first-order valence-electron chi connectivity index (χ1n) is 7.52. The van der Waals surface area contributed by atoms with E-state index >= 15 is 0 Å². The molecule has 4 heterocycles. The van der Waals surface area contributed by atoms with Crippen LogP contribution in [0.3, 0.4) is 0 Å². The smallest absolute Gasteiger partial charge is 0.225 e. The summed E-state index contributed by atoms with van der Waals surface area (Å²) in [5.74, 6) is 1.53. The molecule has 0 aliphatic carbocycles. The van der Waals surface area contributed by atoms with E-state index in [4.69, 9.17) is 4.74 Å². The van der Waals surface area contributed by atoms with Gasteiger partial charge in [-0.25, -0.2) is 15.0 Å². The fourth-order valence-electron chi connectivity index (χ4n) is 2.66. The average Bonchev–Trinajstić information content (AvgIpc) is 3.24. The maximum atomic E-state index is 5.35. The van der Waals surface area contributed by atoms with Gasteiger partial charge in [-0.2, -0.15) is 5.10 Å². The van der Waals surface area contributed by atoms with Crippen LogP contribution < -0.4 is 4.90 Å². The monoisotopic (exact) mass is 311 g/mol. The van der Waals surface area contributed by atoms with Gasteiger partial charge in [0.05, 0.1) is 36.4 Å². The van der Waals surface area contributed by atoms with E-state index in [2.05, 4.69) is 30.0 Å². The molecule has 1 aliphatic heterocycles. The van der Waals surface area contributed by atoms with Crippen LogP contribution in [0, 0.1) is 6.92 Å². The van der Waals surface area contributed by atoms with Crippen LogP contribution in [-0.2, 0) is 4.74 Å². The Hall–Kier alpha value is -2.74. The summed E-state index contributed by atoms with van der Waals surface area (Å²) in [6, 6.07) is 0. The van der Waals surface area contributed by atoms with Crippen LogP contribution in [0.25, 0.3) is 17.1 Å². The van der Waals surface area contributed by atoms with E-state index < -0.39 is 0 Å². The normalized spacial score (nSPS) is 15.1. The Morgan fingerprint density at radius 1 is 1.09 bits per heavy atom. The summed E-state index contributed by atoms with van der Waals surface area (Å²) in [6.45, 7) is 5.05. The Labute approximate surface area is 133 Å². The van der Waals surface area contributed by atoms with Gasteiger partial charge < -0.3 is 9.64 Å². The fraction of sp³-hybridized carbons (Fsp3) is 0.333. The summed E-state index contributed by atoms with van der Waals surface area (Å²) in [5, 5.41) is 7.00. The van der Waals surface area contributed by atoms with E-state index in [0.717, 1.165) is 55.0 Å². The van der Waals surface area contributed by atoms with Crippen LogP contribution in [0.1, 0.15) is 5.69 Å². The zero-order chi connectivity index (χ0) is 15.6. The van der Waals surface area contributed by atoms with Gasteiger partial charge in [0.25, 0.3) is 0 Å². The average molecular weight is 311 g/mol. The highest BCUT2D eigenvalue weighted by atomic mass is 16.5. The van der Waals surface area contributed by atoms with E-state index in [1.165, 1.54) is 0 Å². The van der Waals surface area contributed by atoms with Crippen molar-refractivity contribution in [1.82, 2.24) is 29.7 Å². The standard InChI is InChI=1S/C15H17N7O/c1-11-13(10-19-20-11)22-3-2-16-14(22)12-8-17-15(18-9-12)21-4-6-23-7-5-21/h2-3,8-10H,4-7H2,1H3,(H,19,20). The number of rotatable bonds is 3. The molecule has 8 nitrogen and oxygen atoms in total. The number of aromatic nitrogens is 6. The van der Waals surface area contributed by atoms with Crippen molar-refractivity contribution in [2.75, 3.05) is 31.2 Å². The summed E-state index contributed by atoms with van der Waals surface area (Å²) < 4.78 is 7.33. The van der Waals surface area contributed by atoms with E-state index in [9.17, 15) is 0 Å². The van der Waals surface area contributed by atoms with Crippen molar-refractivity contribution in [1.29, 1.82) is 0 Å². The van der Waals surface area contributed by atoms with Crippen molar-refractivity contribution in [3.05, 3.63) is 36.7 Å². The quantitative estimate of drug-likeness (QED) is 0.782. The number of hydrogen-bond donors (Lipinski definition) is 1. The Balaban J connectivity index is 1.64. The molecule has 4 rings (SSSR count). The number of morpholine rings is 1. The predicted octanol–water partition coefficient (Wildman–Crippen LogP) is 1.20. The van der Waals surface area contributed by atoms with Crippen molar-refractivity contribution in [3.8, 4) is 17.1 Å². The van der Waals surface area contributed by atoms with Gasteiger partial charge in [-0.3, -0.25) is 9.67 Å². The zero-order valence-corrected chi connectivity index (χ0v) is 12.8. The lowest BCUT2D eigenvalue weighted by Crippen LogP contribution is -2.37. The molecule has 0 aromatic carbocycles. The Bertz CT molecular complexity index is 786. The number of ether oxygens (including phenoxy) is 1. The Morgan fingerprint density at radius 3 is 2.57 bits per heavy atom. The predicted molar refractivity (Wildman–Crippen MR) is 84.5 cm³/mol. The second kappa shape index (κ2) is 5.81. The third kappa shape index (κ3) is 2.57. The van der Waals surface area contributed by atoms with Gasteiger partial charge in [0.1, 0.15) is 5.82 Å². The number of anilines is 1. The van der Waals surface area contributed by atoms with Gasteiger partial charge in [-0.05, 0) is 6.92 Å². The maximum Gasteiger partial charge on any atom is 0.225 e. The van der Waals surface area contributed by atoms with Crippen molar-refractivity contribution in [2.24, 2.45) is 0 Å². The number of aryl methyl sites for hydroxylation is 1. The molecule has 0 unspecified atom stereocenters. The molecule has 8 heteroatoms. The minimum absolute atomic E-state index is 0.718. The molecule has 1 fully saturated rings. The molecule has 1 saturated heterocycles. The zero-order valence-electron chi connectivity index (χ0n) is 12.8. The second-order valence-corrected chi connectivity index (χ2v) is 5.37. The molecule has 0 atom stereocenters. The molecule has 3 aromatic heterocycles. The van der Waals surface area contributed by atoms with Gasteiger partial charge in [0.15, 0.2) is 0 Å². The van der Waals surface area contributed by atoms with Crippen LogP contribution in [0.5, 0.6) is 0 Å². The summed E-state index contributed by atoms with van der Waals surface area (Å²) in [5.41, 5.74) is 2.82. The largest absolute Gasteiger partial charge is 0.378 e. The minimum atomic E-state index is 0.718. The number of H-pyrrole nitrogens is 1. The first-order valence-corrected chi connectivity index (χ1v) is 7.52. The van der Waals surface area contributed by atoms with Crippen LogP contribution in [0.15, 0.2) is 31.0 Å². The van der Waals surface area contributed by atoms with Gasteiger partial charge in [-0.15, -0.1) is 0 Å². The van der Waals surface area contributed by atoms with Gasteiger partial charge in [-0.1, -0.05) is 0 Å². The summed E-state index contributed by atoms with van der Waals surface area (Å²) in [6.07, 6.45) is 9.07. The molecule has 0 radical (unpaired) electrons. The van der Waals surface area contributed by atoms with Gasteiger partial charge in [0.2, 0.25) is 5.95 Å². The minimum Gasteiger partial charge on any atom is -0.378 e. The Kier molecular flexibility index (Phi) is 3.51. The molecule has 23 heavy (non-hydrogen) atoms. The highest BCUT2D eigenvalue weighted by Crippen LogP contribution is 2.22. The topological polar surface area (TPSA) is 84.8 Å². The molecule has 0 amide bonds. The van der Waals surface area contributed by atoms with Crippen LogP contribution in [0.4, 0.5) is 5.95 Å². The fourth-order valence-corrected chi connectivity index (χ4v) is 2.66. The lowest BCUT2D eigenvalue weighted by molar-refractivity contribution is 0.122. The van der Waals surface area contributed by atoms with Crippen LogP contribution in [-0.4, -0.2) is 56.0 Å². The molecule has 1 aliphatic rings. The van der Waals surface area contributed by atoms with Gasteiger partial charge >= 0.3 is 0 Å². The molecule has 3 aromatic rings. The third-order valence-electron chi connectivity index (χ3n) is 3.89. The van der Waals surface area contributed by atoms with Gasteiger partial charge in [0, 0.05) is 37.9 Å². The number of aromatic amines is 1. The summed E-state index contributed by atoms with van der Waals surface area (Å²) in [7, 11) is 0. The highest BCUT2D eigenvalue weighted by Gasteiger charge is 2.15. The van der Waals surface area contributed by atoms with Crippen LogP contribution >= 0.6 is 0 Å². The molecule has 0 saturated carbocycles. The molecular weight excluding hydrogens is 294 g/mol. The summed E-state index contributed by atoms with van der Waals surface area (Å²) in [4.78, 5) is 15.5. The first kappa shape index (κ1) is 13.9. The van der Waals surface area contributed by atoms with Crippen molar-refractivity contribution >= 4 is 5.95 Å². The van der Waals surface area contributed by atoms with E-state index in [1.54, 1.807) is 12.4 Å². The summed E-state index contributed by atoms with van der Waals surface area (Å²) >= 11 is 0. The number of hydrogen-bond acceptors (Lipinski definition) is 6. The number of nitrogens with one attached hydrogen (secondary N) is 1. The first-order chi connectivity index (χ1) is 11.3. The maximum absolute atomic E-state index is 5.35. The van der Waals surface area contributed by atoms with E-state index in [1.807, 2.05) is 30.1 Å². The van der Waals surface area contributed by atoms with Crippen molar-refractivity contribution < 1.29 is 4.74 Å². The SMILES string of the molecule is Cc1[nH]ncc1-n1ccnc1-c1cnc(N2CCOCC2)nc1. The van der Waals surface area contributed by atoms with Crippen molar-refractivity contribution in [3.63, 3.8) is 0 Å². The third-order valence-corrected chi connectivity index (χ3v) is 3.89. The van der Waals surface area contributed by atoms with Crippen molar-refractivity contribution in [2.45, 2.75) is 6.92 Å². The van der Waals surface area contributed by atoms with Crippen LogP contribution in [0.2, 0.25) is 0 Å². The molecule has 0 spiro atoms. The molecule has 1 N–H and O–H groups in total. The number of imidazole rings is 1. The highest BCUT2D eigenvalue weighted by molar-refractivity contribution is 5.57. The Morgan fingerprint density at radius 2 is 1.87 bits per heavy atom. The number of nitrogens with zero attached hydrogens (tertiary/aromatic N) is 6. The lowest BCUT2D eigenvalue weighted by atomic mass is 10.3. The van der Waals surface area contributed by atoms with E-state index in [0.29, 0.717) is 0 Å².